The van der Waals surface area contributed by atoms with Crippen molar-refractivity contribution < 1.29 is 19.2 Å². The number of hydrogen-bond donors (Lipinski definition) is 2. The number of aliphatic hydroxyl groups is 1. The highest BCUT2D eigenvalue weighted by molar-refractivity contribution is 9.10. The normalized spacial score (nSPS) is 16.5. The molecule has 1 aliphatic rings. The fourth-order valence-electron chi connectivity index (χ4n) is 3.33. The van der Waals surface area contributed by atoms with Crippen molar-refractivity contribution >= 4 is 27.6 Å². The number of ketones is 1. The number of nitrogens with zero attached hydrogens (tertiary/aromatic N) is 2. The van der Waals surface area contributed by atoms with E-state index in [9.17, 15) is 14.7 Å². The molecule has 3 heterocycles. The minimum Gasteiger partial charge on any atom is -0.391 e. The first-order chi connectivity index (χ1) is 13.4. The minimum absolute atomic E-state index is 0.231. The Morgan fingerprint density at radius 3 is 2.75 bits per heavy atom. The third kappa shape index (κ3) is 3.41. The second kappa shape index (κ2) is 7.37. The molecule has 0 spiro atoms. The highest BCUT2D eigenvalue weighted by atomic mass is 79.9. The largest absolute Gasteiger partial charge is 0.391 e. The van der Waals surface area contributed by atoms with Gasteiger partial charge in [-0.05, 0) is 31.5 Å². The Bertz CT molecular complexity index is 1040. The zero-order valence-corrected chi connectivity index (χ0v) is 16.7. The van der Waals surface area contributed by atoms with Gasteiger partial charge in [0.05, 0.1) is 11.7 Å². The number of likely N-dealkylation sites (tertiary alicyclic amines) is 1. The Morgan fingerprint density at radius 2 is 2.07 bits per heavy atom. The number of carbonyl (C=O) groups excluding carboxylic acids is 2. The lowest BCUT2D eigenvalue weighted by molar-refractivity contribution is 0.0760. The molecular formula is C20H18BrN3O4. The number of rotatable bonds is 4. The van der Waals surface area contributed by atoms with Crippen LogP contribution in [0.3, 0.4) is 0 Å². The number of hydrogen-bond acceptors (Lipinski definition) is 5. The molecule has 0 saturated carbocycles. The van der Waals surface area contributed by atoms with Crippen LogP contribution in [-0.4, -0.2) is 51.0 Å². The lowest BCUT2D eigenvalue weighted by Crippen LogP contribution is -2.29. The summed E-state index contributed by atoms with van der Waals surface area (Å²) in [5, 5.41) is 13.7. The molecule has 4 rings (SSSR count). The molecule has 1 aliphatic heterocycles. The maximum absolute atomic E-state index is 13.1. The number of aliphatic hydroxyl groups excluding tert-OH is 1. The maximum Gasteiger partial charge on any atom is 0.270 e. The van der Waals surface area contributed by atoms with Crippen molar-refractivity contribution in [2.24, 2.45) is 0 Å². The summed E-state index contributed by atoms with van der Waals surface area (Å²) in [7, 11) is 0. The first kappa shape index (κ1) is 18.6. The summed E-state index contributed by atoms with van der Waals surface area (Å²) in [6, 6.07) is 8.97. The first-order valence-electron chi connectivity index (χ1n) is 8.86. The van der Waals surface area contributed by atoms with E-state index in [1.54, 1.807) is 11.8 Å². The van der Waals surface area contributed by atoms with Crippen LogP contribution in [0, 0.1) is 6.92 Å². The maximum atomic E-state index is 13.1. The summed E-state index contributed by atoms with van der Waals surface area (Å²) in [4.78, 5) is 30.1. The second-order valence-electron chi connectivity index (χ2n) is 6.79. The molecule has 144 valence electrons. The van der Waals surface area contributed by atoms with E-state index in [4.69, 9.17) is 4.52 Å². The number of amides is 1. The molecule has 1 unspecified atom stereocenters. The zero-order valence-electron chi connectivity index (χ0n) is 15.1. The van der Waals surface area contributed by atoms with Gasteiger partial charge in [-0.2, -0.15) is 0 Å². The third-order valence-corrected chi connectivity index (χ3v) is 5.36. The number of halogens is 1. The lowest BCUT2D eigenvalue weighted by Gasteiger charge is -2.13. The molecule has 1 atom stereocenters. The monoisotopic (exact) mass is 443 g/mol. The first-order valence-corrected chi connectivity index (χ1v) is 9.66. The quantitative estimate of drug-likeness (QED) is 0.603. The van der Waals surface area contributed by atoms with Gasteiger partial charge in [0.1, 0.15) is 17.1 Å². The molecule has 0 bridgehead atoms. The Morgan fingerprint density at radius 1 is 1.32 bits per heavy atom. The van der Waals surface area contributed by atoms with Gasteiger partial charge in [0, 0.05) is 34.9 Å². The van der Waals surface area contributed by atoms with Crippen molar-refractivity contribution in [3.8, 4) is 11.3 Å². The standard InChI is InChI=1S/C20H18BrN3O4/c1-11-17(18(23-28-11)12-2-4-14(21)5-3-12)19(26)13-8-16(22-9-13)20(27)24-7-6-15(25)10-24/h2-5,8-9,15,22,25H,6-7,10H2,1H3. The smallest absolute Gasteiger partial charge is 0.270 e. The Hall–Kier alpha value is -2.71. The van der Waals surface area contributed by atoms with Crippen LogP contribution < -0.4 is 0 Å². The Labute approximate surface area is 169 Å². The number of aromatic nitrogens is 2. The number of carbonyl (C=O) groups is 2. The summed E-state index contributed by atoms with van der Waals surface area (Å²) in [6.45, 7) is 2.49. The molecule has 1 saturated heterocycles. The molecule has 1 aromatic carbocycles. The van der Waals surface area contributed by atoms with Crippen molar-refractivity contribution in [2.45, 2.75) is 19.4 Å². The Balaban J connectivity index is 1.62. The van der Waals surface area contributed by atoms with Crippen LogP contribution >= 0.6 is 15.9 Å². The molecule has 0 aliphatic carbocycles. The molecular weight excluding hydrogens is 426 g/mol. The number of aromatic amines is 1. The lowest BCUT2D eigenvalue weighted by atomic mass is 9.99. The summed E-state index contributed by atoms with van der Waals surface area (Å²) in [5.74, 6) is -0.0844. The van der Waals surface area contributed by atoms with Gasteiger partial charge in [-0.1, -0.05) is 33.2 Å². The number of β-amino-alcohol motifs (C(OH)–C–C–N with tert-alkyl or cyclic N) is 1. The minimum atomic E-state index is -0.492. The van der Waals surface area contributed by atoms with Crippen LogP contribution in [0.5, 0.6) is 0 Å². The molecule has 1 fully saturated rings. The predicted octanol–water partition coefficient (Wildman–Crippen LogP) is 3.18. The SMILES string of the molecule is Cc1onc(-c2ccc(Br)cc2)c1C(=O)c1c[nH]c(C(=O)N2CCC(O)C2)c1. The molecule has 3 aromatic rings. The van der Waals surface area contributed by atoms with Crippen molar-refractivity contribution in [1.29, 1.82) is 0 Å². The van der Waals surface area contributed by atoms with E-state index in [1.165, 1.54) is 12.3 Å². The summed E-state index contributed by atoms with van der Waals surface area (Å²) >= 11 is 3.39. The van der Waals surface area contributed by atoms with Crippen LogP contribution in [0.4, 0.5) is 0 Å². The predicted molar refractivity (Wildman–Crippen MR) is 105 cm³/mol. The topological polar surface area (TPSA) is 99.4 Å². The summed E-state index contributed by atoms with van der Waals surface area (Å²) < 4.78 is 6.20. The highest BCUT2D eigenvalue weighted by Crippen LogP contribution is 2.29. The molecule has 28 heavy (non-hydrogen) atoms. The number of benzene rings is 1. The van der Waals surface area contributed by atoms with E-state index in [2.05, 4.69) is 26.1 Å². The van der Waals surface area contributed by atoms with E-state index in [1.807, 2.05) is 24.3 Å². The summed E-state index contributed by atoms with van der Waals surface area (Å²) in [5.41, 5.74) is 2.27. The van der Waals surface area contributed by atoms with E-state index >= 15 is 0 Å². The fraction of sp³-hybridized carbons (Fsp3) is 0.250. The van der Waals surface area contributed by atoms with E-state index in [-0.39, 0.29) is 11.7 Å². The third-order valence-electron chi connectivity index (χ3n) is 4.83. The molecule has 1 amide bonds. The van der Waals surface area contributed by atoms with E-state index < -0.39 is 6.10 Å². The fourth-order valence-corrected chi connectivity index (χ4v) is 3.60. The van der Waals surface area contributed by atoms with Gasteiger partial charge in [0.15, 0.2) is 5.78 Å². The van der Waals surface area contributed by atoms with Gasteiger partial charge < -0.3 is 19.5 Å². The van der Waals surface area contributed by atoms with Crippen molar-refractivity contribution in [3.05, 3.63) is 63.6 Å². The zero-order chi connectivity index (χ0) is 19.8. The number of H-pyrrole nitrogens is 1. The summed E-state index contributed by atoms with van der Waals surface area (Å²) in [6.07, 6.45) is 1.59. The molecule has 2 aromatic heterocycles. The van der Waals surface area contributed by atoms with Gasteiger partial charge in [0.2, 0.25) is 0 Å². The Kier molecular flexibility index (Phi) is 4.91. The van der Waals surface area contributed by atoms with Gasteiger partial charge in [-0.3, -0.25) is 9.59 Å². The average Bonchev–Trinajstić information content (AvgIpc) is 3.41. The van der Waals surface area contributed by atoms with Crippen LogP contribution in [0.25, 0.3) is 11.3 Å². The van der Waals surface area contributed by atoms with Crippen LogP contribution in [0.2, 0.25) is 0 Å². The average molecular weight is 444 g/mol. The van der Waals surface area contributed by atoms with Crippen LogP contribution in [0.1, 0.15) is 38.6 Å². The molecule has 2 N–H and O–H groups in total. The van der Waals surface area contributed by atoms with Crippen molar-refractivity contribution in [2.75, 3.05) is 13.1 Å². The molecule has 7 nitrogen and oxygen atoms in total. The number of aryl methyl sites for hydroxylation is 1. The second-order valence-corrected chi connectivity index (χ2v) is 7.71. The van der Waals surface area contributed by atoms with Crippen molar-refractivity contribution in [1.82, 2.24) is 15.0 Å². The van der Waals surface area contributed by atoms with Gasteiger partial charge in [-0.15, -0.1) is 0 Å². The van der Waals surface area contributed by atoms with Crippen LogP contribution in [-0.2, 0) is 0 Å². The van der Waals surface area contributed by atoms with Gasteiger partial charge in [-0.25, -0.2) is 0 Å². The molecule has 8 heteroatoms. The van der Waals surface area contributed by atoms with Crippen LogP contribution in [0.15, 0.2) is 45.5 Å². The van der Waals surface area contributed by atoms with E-state index in [0.717, 1.165) is 10.0 Å². The van der Waals surface area contributed by atoms with Gasteiger partial charge >= 0.3 is 0 Å². The van der Waals surface area contributed by atoms with Crippen molar-refractivity contribution in [3.63, 3.8) is 0 Å². The molecule has 0 radical (unpaired) electrons. The highest BCUT2D eigenvalue weighted by Gasteiger charge is 2.28. The van der Waals surface area contributed by atoms with E-state index in [0.29, 0.717) is 47.8 Å². The number of nitrogens with one attached hydrogen (secondary N) is 1. The van der Waals surface area contributed by atoms with Gasteiger partial charge in [0.25, 0.3) is 5.91 Å².